The molecule has 0 spiro atoms. The highest BCUT2D eigenvalue weighted by Crippen LogP contribution is 2.28. The number of hydrogen-bond acceptors (Lipinski definition) is 4. The fraction of sp³-hybridized carbons (Fsp3) is 0.733. The van der Waals surface area contributed by atoms with Crippen molar-refractivity contribution < 1.29 is 9.53 Å². The van der Waals surface area contributed by atoms with Gasteiger partial charge in [-0.15, -0.1) is 0 Å². The van der Waals surface area contributed by atoms with Gasteiger partial charge in [0.15, 0.2) is 0 Å². The van der Waals surface area contributed by atoms with Gasteiger partial charge in [0.25, 0.3) is 0 Å². The van der Waals surface area contributed by atoms with Crippen LogP contribution in [0.2, 0.25) is 0 Å². The van der Waals surface area contributed by atoms with Crippen LogP contribution in [0.1, 0.15) is 43.8 Å². The predicted molar refractivity (Wildman–Crippen MR) is 80.9 cm³/mol. The number of nitrogens with one attached hydrogen (secondary N) is 2. The van der Waals surface area contributed by atoms with Crippen molar-refractivity contribution in [3.8, 4) is 0 Å². The van der Waals surface area contributed by atoms with Gasteiger partial charge in [-0.1, -0.05) is 12.8 Å². The Morgan fingerprint density at radius 3 is 3.00 bits per heavy atom. The minimum atomic E-state index is 0.0519. The molecule has 0 bridgehead atoms. The maximum absolute atomic E-state index is 11.5. The van der Waals surface area contributed by atoms with Gasteiger partial charge in [0.2, 0.25) is 5.91 Å². The molecule has 0 aromatic carbocycles. The van der Waals surface area contributed by atoms with Crippen molar-refractivity contribution in [3.05, 3.63) is 18.0 Å². The molecular formula is C15H26N4O2. The zero-order valence-corrected chi connectivity index (χ0v) is 12.8. The number of methoxy groups -OCH3 is 1. The number of carbonyl (C=O) groups excluding carboxylic acids is 1. The normalized spacial score (nSPS) is 15.5. The largest absolute Gasteiger partial charge is 0.383 e. The molecule has 1 aromatic heterocycles. The lowest BCUT2D eigenvalue weighted by atomic mass is 10.3. The van der Waals surface area contributed by atoms with Crippen LogP contribution >= 0.6 is 0 Å². The molecule has 1 fully saturated rings. The van der Waals surface area contributed by atoms with Gasteiger partial charge in [-0.2, -0.15) is 5.10 Å². The van der Waals surface area contributed by atoms with Crippen LogP contribution in [-0.2, 0) is 16.1 Å². The molecule has 1 aromatic rings. The van der Waals surface area contributed by atoms with E-state index in [1.165, 1.54) is 25.7 Å². The second kappa shape index (κ2) is 8.79. The van der Waals surface area contributed by atoms with Gasteiger partial charge in [-0.25, -0.2) is 0 Å². The molecule has 118 valence electrons. The summed E-state index contributed by atoms with van der Waals surface area (Å²) >= 11 is 0. The number of ether oxygens (including phenoxy) is 1. The summed E-state index contributed by atoms with van der Waals surface area (Å²) in [4.78, 5) is 11.5. The van der Waals surface area contributed by atoms with E-state index >= 15 is 0 Å². The molecule has 0 saturated heterocycles. The molecule has 1 amide bonds. The molecule has 1 aliphatic rings. The zero-order valence-electron chi connectivity index (χ0n) is 12.8. The van der Waals surface area contributed by atoms with Gasteiger partial charge in [0, 0.05) is 39.4 Å². The molecule has 2 N–H and O–H groups in total. The summed E-state index contributed by atoms with van der Waals surface area (Å²) in [5.74, 6) is 0.0519. The molecule has 1 aliphatic carbocycles. The van der Waals surface area contributed by atoms with E-state index in [1.807, 2.05) is 0 Å². The Kier molecular flexibility index (Phi) is 6.69. The molecule has 0 atom stereocenters. The van der Waals surface area contributed by atoms with Crippen LogP contribution < -0.4 is 10.6 Å². The fourth-order valence-corrected chi connectivity index (χ4v) is 2.64. The van der Waals surface area contributed by atoms with E-state index in [1.54, 1.807) is 7.11 Å². The first-order valence-corrected chi connectivity index (χ1v) is 7.80. The smallest absolute Gasteiger partial charge is 0.221 e. The standard InChI is InChI=1S/C15H26N4O2/c1-21-11-9-17-15(20)6-8-16-12-13-7-10-19(18-13)14-4-2-3-5-14/h7,10,14,16H,2-6,8-9,11-12H2,1H3,(H,17,20). The van der Waals surface area contributed by atoms with Crippen molar-refractivity contribution in [2.75, 3.05) is 26.8 Å². The molecule has 0 radical (unpaired) electrons. The molecule has 1 heterocycles. The Balaban J connectivity index is 1.59. The predicted octanol–water partition coefficient (Wildman–Crippen LogP) is 1.24. The maximum atomic E-state index is 11.5. The van der Waals surface area contributed by atoms with E-state index in [-0.39, 0.29) is 5.91 Å². The molecule has 1 saturated carbocycles. The monoisotopic (exact) mass is 294 g/mol. The summed E-state index contributed by atoms with van der Waals surface area (Å²) in [5.41, 5.74) is 1.04. The highest BCUT2D eigenvalue weighted by molar-refractivity contribution is 5.75. The number of carbonyl (C=O) groups is 1. The summed E-state index contributed by atoms with van der Waals surface area (Å²) in [6, 6.07) is 2.65. The summed E-state index contributed by atoms with van der Waals surface area (Å²) in [6.07, 6.45) is 7.68. The van der Waals surface area contributed by atoms with Crippen molar-refractivity contribution in [1.29, 1.82) is 0 Å². The number of hydrogen-bond donors (Lipinski definition) is 2. The summed E-state index contributed by atoms with van der Waals surface area (Å²) in [6.45, 7) is 2.50. The van der Waals surface area contributed by atoms with Gasteiger partial charge >= 0.3 is 0 Å². The maximum Gasteiger partial charge on any atom is 0.221 e. The topological polar surface area (TPSA) is 68.2 Å². The number of aromatic nitrogens is 2. The first-order valence-electron chi connectivity index (χ1n) is 7.80. The third kappa shape index (κ3) is 5.47. The molecule has 0 aliphatic heterocycles. The first-order chi connectivity index (χ1) is 10.3. The van der Waals surface area contributed by atoms with Gasteiger partial charge < -0.3 is 15.4 Å². The molecule has 6 heteroatoms. The second-order valence-corrected chi connectivity index (χ2v) is 5.49. The molecule has 21 heavy (non-hydrogen) atoms. The van der Waals surface area contributed by atoms with Gasteiger partial charge in [-0.3, -0.25) is 9.48 Å². The van der Waals surface area contributed by atoms with Gasteiger partial charge in [0.05, 0.1) is 18.3 Å². The molecule has 6 nitrogen and oxygen atoms in total. The highest BCUT2D eigenvalue weighted by Gasteiger charge is 2.17. The SMILES string of the molecule is COCCNC(=O)CCNCc1ccn(C2CCCC2)n1. The number of rotatable bonds is 9. The van der Waals surface area contributed by atoms with E-state index < -0.39 is 0 Å². The Morgan fingerprint density at radius 1 is 1.43 bits per heavy atom. The molecule has 0 unspecified atom stereocenters. The van der Waals surface area contributed by atoms with Crippen LogP contribution in [0.25, 0.3) is 0 Å². The van der Waals surface area contributed by atoms with Crippen LogP contribution in [0.5, 0.6) is 0 Å². The summed E-state index contributed by atoms with van der Waals surface area (Å²) < 4.78 is 6.98. The Morgan fingerprint density at radius 2 is 2.24 bits per heavy atom. The van der Waals surface area contributed by atoms with Crippen molar-refractivity contribution in [2.45, 2.75) is 44.7 Å². The first kappa shape index (κ1) is 16.0. The quantitative estimate of drug-likeness (QED) is 0.672. The van der Waals surface area contributed by atoms with Crippen molar-refractivity contribution in [1.82, 2.24) is 20.4 Å². The lowest BCUT2D eigenvalue weighted by Crippen LogP contribution is -2.30. The molecular weight excluding hydrogens is 268 g/mol. The van der Waals surface area contributed by atoms with Crippen LogP contribution in [0.3, 0.4) is 0 Å². The average molecular weight is 294 g/mol. The van der Waals surface area contributed by atoms with Crippen LogP contribution in [-0.4, -0.2) is 42.5 Å². The average Bonchev–Trinajstić information content (AvgIpc) is 3.14. The number of nitrogens with zero attached hydrogens (tertiary/aromatic N) is 2. The summed E-state index contributed by atoms with van der Waals surface area (Å²) in [7, 11) is 1.62. The molecule has 2 rings (SSSR count). The van der Waals surface area contributed by atoms with Crippen molar-refractivity contribution in [2.24, 2.45) is 0 Å². The highest BCUT2D eigenvalue weighted by atomic mass is 16.5. The van der Waals surface area contributed by atoms with Gasteiger partial charge in [-0.05, 0) is 18.9 Å². The van der Waals surface area contributed by atoms with Crippen LogP contribution in [0.15, 0.2) is 12.3 Å². The summed E-state index contributed by atoms with van der Waals surface area (Å²) in [5, 5.41) is 10.7. The van der Waals surface area contributed by atoms with E-state index in [2.05, 4.69) is 32.7 Å². The Bertz CT molecular complexity index is 427. The second-order valence-electron chi connectivity index (χ2n) is 5.49. The van der Waals surface area contributed by atoms with E-state index in [4.69, 9.17) is 4.74 Å². The van der Waals surface area contributed by atoms with Crippen molar-refractivity contribution in [3.63, 3.8) is 0 Å². The van der Waals surface area contributed by atoms with Crippen LogP contribution in [0.4, 0.5) is 0 Å². The zero-order chi connectivity index (χ0) is 14.9. The fourth-order valence-electron chi connectivity index (χ4n) is 2.64. The van der Waals surface area contributed by atoms with E-state index in [0.717, 1.165) is 5.69 Å². The van der Waals surface area contributed by atoms with E-state index in [0.29, 0.717) is 38.7 Å². The third-order valence-electron chi connectivity index (χ3n) is 3.83. The Hall–Kier alpha value is -1.40. The number of amides is 1. The minimum Gasteiger partial charge on any atom is -0.383 e. The van der Waals surface area contributed by atoms with Crippen molar-refractivity contribution >= 4 is 5.91 Å². The van der Waals surface area contributed by atoms with E-state index in [9.17, 15) is 4.79 Å². The lowest BCUT2D eigenvalue weighted by molar-refractivity contribution is -0.121. The third-order valence-corrected chi connectivity index (χ3v) is 3.83. The van der Waals surface area contributed by atoms with Crippen LogP contribution in [0, 0.1) is 0 Å². The lowest BCUT2D eigenvalue weighted by Gasteiger charge is -2.09. The van der Waals surface area contributed by atoms with Gasteiger partial charge in [0.1, 0.15) is 0 Å². The minimum absolute atomic E-state index is 0.0519. The Labute approximate surface area is 126 Å².